The Bertz CT molecular complexity index is 916. The van der Waals surface area contributed by atoms with E-state index in [0.717, 1.165) is 5.56 Å². The van der Waals surface area contributed by atoms with E-state index in [0.29, 0.717) is 23.4 Å². The Labute approximate surface area is 157 Å². The molecule has 5 nitrogen and oxygen atoms in total. The number of hydrogen-bond acceptors (Lipinski definition) is 3. The summed E-state index contributed by atoms with van der Waals surface area (Å²) < 4.78 is 13.5. The Kier molecular flexibility index (Phi) is 5.22. The summed E-state index contributed by atoms with van der Waals surface area (Å²) in [5, 5.41) is 11.6. The highest BCUT2D eigenvalue weighted by molar-refractivity contribution is 6.01. The number of carbonyl (C=O) groups is 2. The minimum atomic E-state index is -0.643. The first-order valence-corrected chi connectivity index (χ1v) is 8.78. The van der Waals surface area contributed by atoms with Gasteiger partial charge in [0.25, 0.3) is 0 Å². The molecule has 0 radical (unpaired) electrons. The molecule has 3 rings (SSSR count). The lowest BCUT2D eigenvalue weighted by molar-refractivity contribution is -0.137. The fourth-order valence-corrected chi connectivity index (χ4v) is 3.25. The van der Waals surface area contributed by atoms with E-state index in [1.165, 1.54) is 12.1 Å². The van der Waals surface area contributed by atoms with Crippen LogP contribution in [-0.4, -0.2) is 22.8 Å². The Morgan fingerprint density at radius 2 is 2.00 bits per heavy atom. The molecule has 1 aliphatic heterocycles. The topological polar surface area (TPSA) is 73.2 Å². The first-order valence-electron chi connectivity index (χ1n) is 8.78. The molecule has 0 spiro atoms. The van der Waals surface area contributed by atoms with Gasteiger partial charge in [-0.3, -0.25) is 9.59 Å². The summed E-state index contributed by atoms with van der Waals surface area (Å²) in [5.74, 6) is -1.57. The van der Waals surface area contributed by atoms with E-state index in [9.17, 15) is 14.0 Å². The molecule has 2 aromatic carbocycles. The predicted molar refractivity (Wildman–Crippen MR) is 99.2 cm³/mol. The van der Waals surface area contributed by atoms with Crippen molar-refractivity contribution in [1.82, 2.24) is 4.90 Å². The molecule has 2 amide bonds. The Morgan fingerprint density at radius 3 is 2.63 bits per heavy atom. The molecule has 0 fully saturated rings. The Balaban J connectivity index is 1.89. The van der Waals surface area contributed by atoms with Gasteiger partial charge in [0.15, 0.2) is 0 Å². The van der Waals surface area contributed by atoms with E-state index >= 15 is 0 Å². The van der Waals surface area contributed by atoms with E-state index in [-0.39, 0.29) is 24.3 Å². The summed E-state index contributed by atoms with van der Waals surface area (Å²) in [4.78, 5) is 27.0. The fraction of sp³-hybridized carbons (Fsp3) is 0.286. The third-order valence-corrected chi connectivity index (χ3v) is 4.69. The second-order valence-electron chi connectivity index (χ2n) is 6.91. The minimum Gasteiger partial charge on any atom is -0.335 e. The van der Waals surface area contributed by atoms with Crippen LogP contribution < -0.4 is 5.32 Å². The number of benzene rings is 2. The SMILES string of the molecule is CC(C)N(Cc1ccc(C#N)cc1)C(=O)C1CC(=O)Nc2cc(F)ccc21. The highest BCUT2D eigenvalue weighted by Crippen LogP contribution is 2.34. The molecule has 0 aromatic heterocycles. The molecule has 0 aliphatic carbocycles. The third-order valence-electron chi connectivity index (χ3n) is 4.69. The van der Waals surface area contributed by atoms with E-state index in [1.807, 2.05) is 26.0 Å². The number of nitrogens with one attached hydrogen (secondary N) is 1. The number of rotatable bonds is 4. The van der Waals surface area contributed by atoms with Gasteiger partial charge in [-0.05, 0) is 49.2 Å². The van der Waals surface area contributed by atoms with Gasteiger partial charge in [-0.25, -0.2) is 4.39 Å². The zero-order valence-corrected chi connectivity index (χ0v) is 15.2. The Morgan fingerprint density at radius 1 is 1.30 bits per heavy atom. The van der Waals surface area contributed by atoms with Crippen molar-refractivity contribution in [2.75, 3.05) is 5.32 Å². The molecule has 1 N–H and O–H groups in total. The van der Waals surface area contributed by atoms with E-state index < -0.39 is 11.7 Å². The second kappa shape index (κ2) is 7.58. The van der Waals surface area contributed by atoms with Gasteiger partial charge in [0.05, 0.1) is 17.6 Å². The third kappa shape index (κ3) is 3.98. The second-order valence-corrected chi connectivity index (χ2v) is 6.91. The van der Waals surface area contributed by atoms with Crippen molar-refractivity contribution in [3.8, 4) is 6.07 Å². The molecule has 1 heterocycles. The van der Waals surface area contributed by atoms with Crippen LogP contribution in [0.15, 0.2) is 42.5 Å². The smallest absolute Gasteiger partial charge is 0.231 e. The number of amides is 2. The maximum absolute atomic E-state index is 13.5. The average Bonchev–Trinajstić information content (AvgIpc) is 2.64. The summed E-state index contributed by atoms with van der Waals surface area (Å²) in [6, 6.07) is 13.2. The lowest BCUT2D eigenvalue weighted by atomic mass is 9.88. The van der Waals surface area contributed by atoms with Crippen molar-refractivity contribution in [2.24, 2.45) is 0 Å². The van der Waals surface area contributed by atoms with Crippen LogP contribution in [0.25, 0.3) is 0 Å². The van der Waals surface area contributed by atoms with Crippen LogP contribution >= 0.6 is 0 Å². The average molecular weight is 365 g/mol. The summed E-state index contributed by atoms with van der Waals surface area (Å²) in [6.07, 6.45) is 0.0358. The number of nitrogens with zero attached hydrogens (tertiary/aromatic N) is 2. The molecule has 1 aliphatic rings. The monoisotopic (exact) mass is 365 g/mol. The first-order chi connectivity index (χ1) is 12.9. The summed E-state index contributed by atoms with van der Waals surface area (Å²) in [7, 11) is 0. The van der Waals surface area contributed by atoms with Crippen molar-refractivity contribution < 1.29 is 14.0 Å². The van der Waals surface area contributed by atoms with Crippen molar-refractivity contribution in [3.05, 3.63) is 65.0 Å². The molecular weight excluding hydrogens is 345 g/mol. The first kappa shape index (κ1) is 18.6. The van der Waals surface area contributed by atoms with Gasteiger partial charge in [0, 0.05) is 24.7 Å². The van der Waals surface area contributed by atoms with Crippen LogP contribution in [-0.2, 0) is 16.1 Å². The zero-order chi connectivity index (χ0) is 19.6. The number of carbonyl (C=O) groups excluding carboxylic acids is 2. The van der Waals surface area contributed by atoms with E-state index in [4.69, 9.17) is 5.26 Å². The summed E-state index contributed by atoms with van der Waals surface area (Å²) >= 11 is 0. The number of fused-ring (bicyclic) bond motifs is 1. The van der Waals surface area contributed by atoms with E-state index in [1.54, 1.807) is 23.1 Å². The zero-order valence-electron chi connectivity index (χ0n) is 15.2. The Hall–Kier alpha value is -3.20. The number of halogens is 1. The molecule has 1 atom stereocenters. The standard InChI is InChI=1S/C21H20FN3O2/c1-13(2)25(12-15-5-3-14(11-23)4-6-15)21(27)18-10-20(26)24-19-9-16(22)7-8-17(18)19/h3-9,13,18H,10,12H2,1-2H3,(H,24,26). The van der Waals surface area contributed by atoms with Gasteiger partial charge < -0.3 is 10.2 Å². The van der Waals surface area contributed by atoms with Gasteiger partial charge in [0.2, 0.25) is 11.8 Å². The number of nitriles is 1. The molecule has 0 bridgehead atoms. The van der Waals surface area contributed by atoms with Crippen molar-refractivity contribution in [1.29, 1.82) is 5.26 Å². The maximum Gasteiger partial charge on any atom is 0.231 e. The molecule has 0 saturated carbocycles. The van der Waals surface area contributed by atoms with Crippen LogP contribution in [0, 0.1) is 17.1 Å². The molecule has 1 unspecified atom stereocenters. The quantitative estimate of drug-likeness (QED) is 0.900. The maximum atomic E-state index is 13.5. The van der Waals surface area contributed by atoms with Crippen LogP contribution in [0.1, 0.15) is 42.9 Å². The van der Waals surface area contributed by atoms with E-state index in [2.05, 4.69) is 11.4 Å². The van der Waals surface area contributed by atoms with Crippen LogP contribution in [0.3, 0.4) is 0 Å². The fourth-order valence-electron chi connectivity index (χ4n) is 3.25. The van der Waals surface area contributed by atoms with Crippen molar-refractivity contribution in [3.63, 3.8) is 0 Å². The molecule has 27 heavy (non-hydrogen) atoms. The van der Waals surface area contributed by atoms with Crippen LogP contribution in [0.4, 0.5) is 10.1 Å². The predicted octanol–water partition coefficient (Wildman–Crippen LogP) is 3.56. The van der Waals surface area contributed by atoms with Crippen molar-refractivity contribution in [2.45, 2.75) is 38.8 Å². The number of anilines is 1. The minimum absolute atomic E-state index is 0.0358. The summed E-state index contributed by atoms with van der Waals surface area (Å²) in [6.45, 7) is 4.20. The van der Waals surface area contributed by atoms with Crippen LogP contribution in [0.2, 0.25) is 0 Å². The van der Waals surface area contributed by atoms with Gasteiger partial charge >= 0.3 is 0 Å². The van der Waals surface area contributed by atoms with Gasteiger partial charge in [-0.1, -0.05) is 18.2 Å². The lowest BCUT2D eigenvalue weighted by Gasteiger charge is -2.33. The van der Waals surface area contributed by atoms with Crippen LogP contribution in [0.5, 0.6) is 0 Å². The molecular formula is C21H20FN3O2. The summed E-state index contributed by atoms with van der Waals surface area (Å²) in [5.41, 5.74) is 2.44. The van der Waals surface area contributed by atoms with Gasteiger partial charge in [-0.15, -0.1) is 0 Å². The molecule has 6 heteroatoms. The van der Waals surface area contributed by atoms with Gasteiger partial charge in [-0.2, -0.15) is 5.26 Å². The highest BCUT2D eigenvalue weighted by atomic mass is 19.1. The highest BCUT2D eigenvalue weighted by Gasteiger charge is 2.34. The molecule has 138 valence electrons. The normalized spacial score (nSPS) is 15.7. The molecule has 0 saturated heterocycles. The van der Waals surface area contributed by atoms with Crippen molar-refractivity contribution >= 4 is 17.5 Å². The lowest BCUT2D eigenvalue weighted by Crippen LogP contribution is -2.42. The van der Waals surface area contributed by atoms with Gasteiger partial charge in [0.1, 0.15) is 5.82 Å². The largest absolute Gasteiger partial charge is 0.335 e. The molecule has 2 aromatic rings. The number of hydrogen-bond donors (Lipinski definition) is 1.